The van der Waals surface area contributed by atoms with E-state index in [2.05, 4.69) is 0 Å². The van der Waals surface area contributed by atoms with Crippen molar-refractivity contribution in [2.24, 2.45) is 5.73 Å². The maximum atomic E-state index is 13.3. The van der Waals surface area contributed by atoms with Crippen LogP contribution >= 0.6 is 0 Å². The van der Waals surface area contributed by atoms with Crippen molar-refractivity contribution in [3.63, 3.8) is 0 Å². The average molecular weight is 209 g/mol. The lowest BCUT2D eigenvalue weighted by molar-refractivity contribution is 0.243. The predicted octanol–water partition coefficient (Wildman–Crippen LogP) is 2.48. The Bertz CT molecular complexity index is 385. The van der Waals surface area contributed by atoms with E-state index in [-0.39, 0.29) is 11.4 Å². The van der Waals surface area contributed by atoms with Crippen LogP contribution in [0.4, 0.5) is 4.39 Å². The van der Waals surface area contributed by atoms with Crippen molar-refractivity contribution >= 4 is 0 Å². The smallest absolute Gasteiger partial charge is 0.129 e. The number of rotatable bonds is 2. The third kappa shape index (κ3) is 1.61. The van der Waals surface area contributed by atoms with Crippen molar-refractivity contribution in [1.29, 1.82) is 0 Å². The topological polar surface area (TPSA) is 35.2 Å². The van der Waals surface area contributed by atoms with Crippen molar-refractivity contribution in [1.82, 2.24) is 0 Å². The molecule has 1 aliphatic rings. The molecule has 0 amide bonds. The number of halogens is 1. The van der Waals surface area contributed by atoms with Crippen molar-refractivity contribution in [2.75, 3.05) is 7.11 Å². The molecule has 0 atom stereocenters. The standard InChI is InChI=1S/C12H16FNO/c1-8-6-9(12(14)4-3-5-12)11(15-2)7-10(8)13/h6-7H,3-5,14H2,1-2H3. The number of hydrogen-bond acceptors (Lipinski definition) is 2. The highest BCUT2D eigenvalue weighted by Crippen LogP contribution is 2.43. The van der Waals surface area contributed by atoms with Crippen LogP contribution in [-0.4, -0.2) is 7.11 Å². The van der Waals surface area contributed by atoms with Gasteiger partial charge in [-0.05, 0) is 37.8 Å². The fraction of sp³-hybridized carbons (Fsp3) is 0.500. The van der Waals surface area contributed by atoms with E-state index in [1.165, 1.54) is 6.07 Å². The van der Waals surface area contributed by atoms with Crippen molar-refractivity contribution in [3.8, 4) is 5.75 Å². The third-order valence-electron chi connectivity index (χ3n) is 3.26. The third-order valence-corrected chi connectivity index (χ3v) is 3.26. The first kappa shape index (κ1) is 10.4. The number of nitrogens with two attached hydrogens (primary N) is 1. The van der Waals surface area contributed by atoms with Gasteiger partial charge in [0.05, 0.1) is 7.11 Å². The Morgan fingerprint density at radius 1 is 1.40 bits per heavy atom. The van der Waals surface area contributed by atoms with Crippen LogP contribution in [0.5, 0.6) is 5.75 Å². The maximum Gasteiger partial charge on any atom is 0.129 e. The van der Waals surface area contributed by atoms with Gasteiger partial charge in [-0.2, -0.15) is 0 Å². The highest BCUT2D eigenvalue weighted by molar-refractivity contribution is 5.43. The fourth-order valence-corrected chi connectivity index (χ4v) is 2.05. The maximum absolute atomic E-state index is 13.3. The minimum Gasteiger partial charge on any atom is -0.496 e. The summed E-state index contributed by atoms with van der Waals surface area (Å²) in [6.07, 6.45) is 3.04. The van der Waals surface area contributed by atoms with E-state index < -0.39 is 0 Å². The predicted molar refractivity (Wildman–Crippen MR) is 57.4 cm³/mol. The molecule has 0 radical (unpaired) electrons. The van der Waals surface area contributed by atoms with Crippen LogP contribution < -0.4 is 10.5 Å². The van der Waals surface area contributed by atoms with Crippen molar-refractivity contribution in [3.05, 3.63) is 29.1 Å². The Morgan fingerprint density at radius 3 is 2.53 bits per heavy atom. The van der Waals surface area contributed by atoms with Gasteiger partial charge in [0.1, 0.15) is 11.6 Å². The summed E-state index contributed by atoms with van der Waals surface area (Å²) >= 11 is 0. The van der Waals surface area contributed by atoms with Gasteiger partial charge in [-0.1, -0.05) is 0 Å². The number of ether oxygens (including phenoxy) is 1. The first-order chi connectivity index (χ1) is 7.07. The lowest BCUT2D eigenvalue weighted by Gasteiger charge is -2.39. The highest BCUT2D eigenvalue weighted by atomic mass is 19.1. The molecule has 3 heteroatoms. The van der Waals surface area contributed by atoms with E-state index in [0.717, 1.165) is 24.8 Å². The SMILES string of the molecule is COc1cc(F)c(C)cc1C1(N)CCC1. The van der Waals surface area contributed by atoms with Crippen LogP contribution in [0.3, 0.4) is 0 Å². The molecule has 0 unspecified atom stereocenters. The summed E-state index contributed by atoms with van der Waals surface area (Å²) in [6, 6.07) is 3.24. The largest absolute Gasteiger partial charge is 0.496 e. The fourth-order valence-electron chi connectivity index (χ4n) is 2.05. The molecule has 0 spiro atoms. The lowest BCUT2D eigenvalue weighted by Crippen LogP contribution is -2.43. The summed E-state index contributed by atoms with van der Waals surface area (Å²) in [6.45, 7) is 1.75. The van der Waals surface area contributed by atoms with Gasteiger partial charge in [-0.3, -0.25) is 0 Å². The summed E-state index contributed by atoms with van der Waals surface area (Å²) in [4.78, 5) is 0. The van der Waals surface area contributed by atoms with Crippen LogP contribution in [0, 0.1) is 12.7 Å². The van der Waals surface area contributed by atoms with Crippen LogP contribution in [-0.2, 0) is 5.54 Å². The van der Waals surface area contributed by atoms with Gasteiger partial charge >= 0.3 is 0 Å². The summed E-state index contributed by atoms with van der Waals surface area (Å²) in [5.41, 5.74) is 7.48. The highest BCUT2D eigenvalue weighted by Gasteiger charge is 2.37. The first-order valence-electron chi connectivity index (χ1n) is 5.20. The van der Waals surface area contributed by atoms with E-state index in [4.69, 9.17) is 10.5 Å². The molecular formula is C12H16FNO. The minimum atomic E-state index is -0.302. The van der Waals surface area contributed by atoms with Gasteiger partial charge in [0.15, 0.2) is 0 Å². The zero-order valence-electron chi connectivity index (χ0n) is 9.14. The number of benzene rings is 1. The molecule has 0 aliphatic heterocycles. The van der Waals surface area contributed by atoms with E-state index in [9.17, 15) is 4.39 Å². The summed E-state index contributed by atoms with van der Waals surface area (Å²) in [5.74, 6) is 0.332. The Hall–Kier alpha value is -1.09. The molecule has 1 aliphatic carbocycles. The Balaban J connectivity index is 2.49. The van der Waals surface area contributed by atoms with Gasteiger partial charge in [-0.25, -0.2) is 4.39 Å². The summed E-state index contributed by atoms with van der Waals surface area (Å²) < 4.78 is 18.5. The van der Waals surface area contributed by atoms with Gasteiger partial charge in [-0.15, -0.1) is 0 Å². The Morgan fingerprint density at radius 2 is 2.07 bits per heavy atom. The average Bonchev–Trinajstić information content (AvgIpc) is 2.18. The Kier molecular flexibility index (Phi) is 2.43. The van der Waals surface area contributed by atoms with Crippen LogP contribution in [0.2, 0.25) is 0 Å². The van der Waals surface area contributed by atoms with Crippen LogP contribution in [0.25, 0.3) is 0 Å². The second-order valence-electron chi connectivity index (χ2n) is 4.31. The quantitative estimate of drug-likeness (QED) is 0.812. The van der Waals surface area contributed by atoms with E-state index in [1.54, 1.807) is 14.0 Å². The van der Waals surface area contributed by atoms with Crippen LogP contribution in [0.15, 0.2) is 12.1 Å². The van der Waals surface area contributed by atoms with Gasteiger partial charge < -0.3 is 10.5 Å². The molecule has 2 rings (SSSR count). The molecule has 0 heterocycles. The number of aryl methyl sites for hydroxylation is 1. The molecule has 15 heavy (non-hydrogen) atoms. The summed E-state index contributed by atoms with van der Waals surface area (Å²) in [5, 5.41) is 0. The molecular weight excluding hydrogens is 193 g/mol. The van der Waals surface area contributed by atoms with Crippen LogP contribution in [0.1, 0.15) is 30.4 Å². The zero-order chi connectivity index (χ0) is 11.1. The Labute approximate surface area is 89.2 Å². The second kappa shape index (κ2) is 3.49. The van der Waals surface area contributed by atoms with Gasteiger partial charge in [0.25, 0.3) is 0 Å². The molecule has 0 bridgehead atoms. The van der Waals surface area contributed by atoms with Crippen molar-refractivity contribution in [2.45, 2.75) is 31.7 Å². The summed E-state index contributed by atoms with van der Waals surface area (Å²) in [7, 11) is 1.55. The number of hydrogen-bond donors (Lipinski definition) is 1. The molecule has 2 nitrogen and oxygen atoms in total. The molecule has 1 saturated carbocycles. The zero-order valence-corrected chi connectivity index (χ0v) is 9.14. The number of methoxy groups -OCH3 is 1. The van der Waals surface area contributed by atoms with E-state index in [1.807, 2.05) is 6.07 Å². The van der Waals surface area contributed by atoms with Gasteiger partial charge in [0, 0.05) is 17.2 Å². The molecule has 1 fully saturated rings. The monoisotopic (exact) mass is 209 g/mol. The molecule has 82 valence electrons. The molecule has 2 N–H and O–H groups in total. The normalized spacial score (nSPS) is 18.4. The van der Waals surface area contributed by atoms with Crippen molar-refractivity contribution < 1.29 is 9.13 Å². The molecule has 1 aromatic carbocycles. The second-order valence-corrected chi connectivity index (χ2v) is 4.31. The first-order valence-corrected chi connectivity index (χ1v) is 5.20. The van der Waals surface area contributed by atoms with E-state index >= 15 is 0 Å². The minimum absolute atomic E-state index is 0.237. The van der Waals surface area contributed by atoms with Gasteiger partial charge in [0.2, 0.25) is 0 Å². The molecule has 0 aromatic heterocycles. The molecule has 1 aromatic rings. The molecule has 0 saturated heterocycles. The van der Waals surface area contributed by atoms with E-state index in [0.29, 0.717) is 11.3 Å². The lowest BCUT2D eigenvalue weighted by atomic mass is 9.72.